The molecule has 0 fully saturated rings. The van der Waals surface area contributed by atoms with Crippen LogP contribution in [0.5, 0.6) is 5.75 Å². The van der Waals surface area contributed by atoms with Gasteiger partial charge in [0.05, 0.1) is 19.1 Å². The predicted molar refractivity (Wildman–Crippen MR) is 91.7 cm³/mol. The molecule has 0 aliphatic rings. The van der Waals surface area contributed by atoms with Crippen molar-refractivity contribution < 1.29 is 13.7 Å². The van der Waals surface area contributed by atoms with Gasteiger partial charge in [-0.15, -0.1) is 0 Å². The summed E-state index contributed by atoms with van der Waals surface area (Å²) < 4.78 is 17.6. The van der Waals surface area contributed by atoms with Crippen molar-refractivity contribution in [2.75, 3.05) is 7.11 Å². The number of hydrogen-bond donors (Lipinski definition) is 0. The van der Waals surface area contributed by atoms with Crippen molar-refractivity contribution in [1.82, 2.24) is 19.7 Å². The third-order valence-corrected chi connectivity index (χ3v) is 4.45. The number of ether oxygens (including phenoxy) is 1. The lowest BCUT2D eigenvalue weighted by molar-refractivity contribution is 0.411. The van der Waals surface area contributed by atoms with E-state index in [9.17, 15) is 0 Å². The molecule has 3 heterocycles. The van der Waals surface area contributed by atoms with E-state index in [2.05, 4.69) is 15.1 Å². The maximum atomic E-state index is 5.25. The molecule has 4 aromatic rings. The molecular formula is C17H14N4O3S. The quantitative estimate of drug-likeness (QED) is 0.487. The molecule has 7 nitrogen and oxygen atoms in total. The fourth-order valence-corrected chi connectivity index (χ4v) is 3.09. The summed E-state index contributed by atoms with van der Waals surface area (Å²) in [6.07, 6.45) is 5.24. The van der Waals surface area contributed by atoms with Crippen molar-refractivity contribution in [3.63, 3.8) is 0 Å². The summed E-state index contributed by atoms with van der Waals surface area (Å²) in [5.41, 5.74) is 1.00. The summed E-state index contributed by atoms with van der Waals surface area (Å²) in [6.45, 7) is 0. The van der Waals surface area contributed by atoms with Gasteiger partial charge in [0.2, 0.25) is 0 Å². The van der Waals surface area contributed by atoms with E-state index in [1.807, 2.05) is 35.0 Å². The lowest BCUT2D eigenvalue weighted by Crippen LogP contribution is -1.96. The minimum atomic E-state index is 0.374. The van der Waals surface area contributed by atoms with Gasteiger partial charge in [0, 0.05) is 18.1 Å². The average molecular weight is 354 g/mol. The first-order valence-electron chi connectivity index (χ1n) is 7.50. The highest BCUT2D eigenvalue weighted by Gasteiger charge is 2.13. The second-order valence-electron chi connectivity index (χ2n) is 5.06. The number of rotatable bonds is 6. The Bertz CT molecular complexity index is 945. The standard InChI is InChI=1S/C17H14N4O3S/c1-22-13-6-4-12(5-7-13)21-9-8-18-17(21)25-11-15-19-16(24-20-15)14-3-2-10-23-14/h2-10H,11H2,1H3. The molecule has 0 unspecified atom stereocenters. The van der Waals surface area contributed by atoms with E-state index in [-0.39, 0.29) is 0 Å². The molecule has 0 aliphatic carbocycles. The Labute approximate surface area is 147 Å². The van der Waals surface area contributed by atoms with Gasteiger partial charge < -0.3 is 13.7 Å². The van der Waals surface area contributed by atoms with Crippen LogP contribution >= 0.6 is 11.8 Å². The van der Waals surface area contributed by atoms with Gasteiger partial charge in [-0.2, -0.15) is 4.98 Å². The third-order valence-electron chi connectivity index (χ3n) is 3.49. The molecule has 4 rings (SSSR count). The molecule has 0 atom stereocenters. The summed E-state index contributed by atoms with van der Waals surface area (Å²) in [7, 11) is 1.65. The average Bonchev–Trinajstić information content (AvgIpc) is 3.40. The third kappa shape index (κ3) is 3.29. The summed E-state index contributed by atoms with van der Waals surface area (Å²) in [4.78, 5) is 8.73. The number of hydrogen-bond acceptors (Lipinski definition) is 7. The van der Waals surface area contributed by atoms with E-state index in [4.69, 9.17) is 13.7 Å². The molecule has 0 amide bonds. The van der Waals surface area contributed by atoms with E-state index < -0.39 is 0 Å². The zero-order chi connectivity index (χ0) is 17.1. The van der Waals surface area contributed by atoms with Crippen molar-refractivity contribution in [2.45, 2.75) is 10.9 Å². The Hall–Kier alpha value is -3.00. The zero-order valence-corrected chi connectivity index (χ0v) is 14.1. The molecule has 0 spiro atoms. The van der Waals surface area contributed by atoms with Crippen LogP contribution in [0.15, 0.2) is 69.2 Å². The summed E-state index contributed by atoms with van der Waals surface area (Å²) in [5.74, 6) is 2.87. The molecule has 0 N–H and O–H groups in total. The van der Waals surface area contributed by atoms with E-state index >= 15 is 0 Å². The minimum Gasteiger partial charge on any atom is -0.497 e. The largest absolute Gasteiger partial charge is 0.497 e. The van der Waals surface area contributed by atoms with Crippen molar-refractivity contribution in [2.24, 2.45) is 0 Å². The first-order valence-corrected chi connectivity index (χ1v) is 8.49. The molecule has 0 bridgehead atoms. The summed E-state index contributed by atoms with van der Waals surface area (Å²) >= 11 is 1.53. The molecular weight excluding hydrogens is 340 g/mol. The van der Waals surface area contributed by atoms with Crippen LogP contribution in [0.2, 0.25) is 0 Å². The number of nitrogens with zero attached hydrogens (tertiary/aromatic N) is 4. The number of aromatic nitrogens is 4. The Morgan fingerprint density at radius 3 is 2.84 bits per heavy atom. The second kappa shape index (κ2) is 6.86. The highest BCUT2D eigenvalue weighted by Crippen LogP contribution is 2.25. The first-order chi connectivity index (χ1) is 12.3. The topological polar surface area (TPSA) is 79.1 Å². The fourth-order valence-electron chi connectivity index (χ4n) is 2.28. The summed E-state index contributed by atoms with van der Waals surface area (Å²) in [6, 6.07) is 11.3. The molecule has 3 aromatic heterocycles. The van der Waals surface area contributed by atoms with Gasteiger partial charge >= 0.3 is 0 Å². The van der Waals surface area contributed by atoms with Crippen LogP contribution in [0, 0.1) is 0 Å². The molecule has 0 saturated carbocycles. The van der Waals surface area contributed by atoms with Crippen LogP contribution in [0.4, 0.5) is 0 Å². The Morgan fingerprint density at radius 1 is 1.20 bits per heavy atom. The Balaban J connectivity index is 1.48. The molecule has 0 saturated heterocycles. The van der Waals surface area contributed by atoms with E-state index in [0.29, 0.717) is 23.2 Å². The minimum absolute atomic E-state index is 0.374. The number of furan rings is 1. The Kier molecular flexibility index (Phi) is 4.26. The molecule has 1 aromatic carbocycles. The van der Waals surface area contributed by atoms with Crippen molar-refractivity contribution in [3.05, 3.63) is 60.9 Å². The normalized spacial score (nSPS) is 10.9. The van der Waals surface area contributed by atoms with Crippen LogP contribution in [0.3, 0.4) is 0 Å². The molecule has 126 valence electrons. The van der Waals surface area contributed by atoms with E-state index in [1.165, 1.54) is 11.8 Å². The Morgan fingerprint density at radius 2 is 2.08 bits per heavy atom. The monoisotopic (exact) mass is 354 g/mol. The van der Waals surface area contributed by atoms with Gasteiger partial charge in [-0.25, -0.2) is 4.98 Å². The molecule has 0 aliphatic heterocycles. The fraction of sp³-hybridized carbons (Fsp3) is 0.118. The van der Waals surface area contributed by atoms with Gasteiger partial charge in [-0.3, -0.25) is 4.57 Å². The van der Waals surface area contributed by atoms with Crippen molar-refractivity contribution >= 4 is 11.8 Å². The lowest BCUT2D eigenvalue weighted by Gasteiger charge is -2.07. The second-order valence-corrected chi connectivity index (χ2v) is 6.00. The van der Waals surface area contributed by atoms with Crippen LogP contribution < -0.4 is 4.74 Å². The predicted octanol–water partition coefficient (Wildman–Crippen LogP) is 3.82. The number of imidazole rings is 1. The lowest BCUT2D eigenvalue weighted by atomic mass is 10.3. The van der Waals surface area contributed by atoms with Gasteiger partial charge in [0.15, 0.2) is 16.7 Å². The first kappa shape index (κ1) is 15.5. The highest BCUT2D eigenvalue weighted by molar-refractivity contribution is 7.98. The van der Waals surface area contributed by atoms with E-state index in [1.54, 1.807) is 31.7 Å². The van der Waals surface area contributed by atoms with Gasteiger partial charge in [0.25, 0.3) is 5.89 Å². The number of methoxy groups -OCH3 is 1. The number of thioether (sulfide) groups is 1. The van der Waals surface area contributed by atoms with Crippen LogP contribution in [0.25, 0.3) is 17.3 Å². The zero-order valence-electron chi connectivity index (χ0n) is 13.3. The summed E-state index contributed by atoms with van der Waals surface area (Å²) in [5, 5.41) is 4.82. The molecule has 25 heavy (non-hydrogen) atoms. The van der Waals surface area contributed by atoms with Crippen LogP contribution in [-0.4, -0.2) is 26.8 Å². The SMILES string of the molecule is COc1ccc(-n2ccnc2SCc2noc(-c3ccco3)n2)cc1. The maximum absolute atomic E-state index is 5.25. The van der Waals surface area contributed by atoms with E-state index in [0.717, 1.165) is 16.6 Å². The number of benzene rings is 1. The van der Waals surface area contributed by atoms with Gasteiger partial charge in [0.1, 0.15) is 5.75 Å². The highest BCUT2D eigenvalue weighted by atomic mass is 32.2. The smallest absolute Gasteiger partial charge is 0.293 e. The van der Waals surface area contributed by atoms with Crippen molar-refractivity contribution in [1.29, 1.82) is 0 Å². The van der Waals surface area contributed by atoms with Gasteiger partial charge in [-0.05, 0) is 36.4 Å². The molecule has 0 radical (unpaired) electrons. The molecule has 8 heteroatoms. The van der Waals surface area contributed by atoms with Crippen LogP contribution in [0.1, 0.15) is 5.82 Å². The maximum Gasteiger partial charge on any atom is 0.293 e. The van der Waals surface area contributed by atoms with Gasteiger partial charge in [-0.1, -0.05) is 16.9 Å². The van der Waals surface area contributed by atoms with Crippen LogP contribution in [-0.2, 0) is 5.75 Å². The van der Waals surface area contributed by atoms with Crippen molar-refractivity contribution in [3.8, 4) is 23.1 Å².